The van der Waals surface area contributed by atoms with Gasteiger partial charge in [0, 0.05) is 6.04 Å². The Morgan fingerprint density at radius 3 is 1.88 bits per heavy atom. The van der Waals surface area contributed by atoms with Crippen LogP contribution >= 0.6 is 0 Å². The first kappa shape index (κ1) is 12.0. The maximum Gasteiger partial charge on any atom is 0.0124 e. The highest BCUT2D eigenvalue weighted by Gasteiger charge is 2.47. The van der Waals surface area contributed by atoms with Gasteiger partial charge in [0.15, 0.2) is 0 Å². The van der Waals surface area contributed by atoms with Crippen LogP contribution in [0.25, 0.3) is 0 Å². The van der Waals surface area contributed by atoms with Crippen molar-refractivity contribution >= 4 is 0 Å². The molecule has 1 N–H and O–H groups in total. The van der Waals surface area contributed by atoms with Crippen LogP contribution in [0.1, 0.15) is 58.8 Å². The second kappa shape index (κ2) is 4.91. The van der Waals surface area contributed by atoms with E-state index >= 15 is 0 Å². The highest BCUT2D eigenvalue weighted by atomic mass is 14.9. The predicted molar refractivity (Wildman–Crippen MR) is 72.9 cm³/mol. The van der Waals surface area contributed by atoms with Crippen molar-refractivity contribution in [2.75, 3.05) is 6.54 Å². The van der Waals surface area contributed by atoms with Crippen LogP contribution in [-0.4, -0.2) is 12.6 Å². The van der Waals surface area contributed by atoms with Crippen LogP contribution in [0.5, 0.6) is 0 Å². The normalized spacial score (nSPS) is 43.6. The van der Waals surface area contributed by atoms with E-state index in [0.717, 1.165) is 35.6 Å². The lowest BCUT2D eigenvalue weighted by Gasteiger charge is -2.54. The third-order valence-electron chi connectivity index (χ3n) is 6.02. The Labute approximate surface area is 107 Å². The molecule has 1 nitrogen and oxygen atoms in total. The topological polar surface area (TPSA) is 12.0 Å². The molecule has 0 aromatic heterocycles. The molecule has 4 aliphatic rings. The standard InChI is InChI=1S/C16H29N/c1-3-11(4-2)10-17-16-14-6-12-5-13(8-14)9-15(16)7-12/h11-17H,3-10H2,1-2H3. The molecule has 0 aromatic rings. The second-order valence-electron chi connectivity index (χ2n) is 7.05. The van der Waals surface area contributed by atoms with Crippen molar-refractivity contribution in [1.29, 1.82) is 0 Å². The lowest BCUT2D eigenvalue weighted by atomic mass is 9.54. The third kappa shape index (κ3) is 2.28. The van der Waals surface area contributed by atoms with Crippen LogP contribution in [0.3, 0.4) is 0 Å². The number of nitrogens with one attached hydrogen (secondary N) is 1. The average molecular weight is 235 g/mol. The van der Waals surface area contributed by atoms with Gasteiger partial charge in [-0.2, -0.15) is 0 Å². The van der Waals surface area contributed by atoms with Crippen molar-refractivity contribution in [2.45, 2.75) is 64.8 Å². The van der Waals surface area contributed by atoms with Crippen molar-refractivity contribution in [3.63, 3.8) is 0 Å². The molecule has 0 radical (unpaired) electrons. The molecule has 98 valence electrons. The van der Waals surface area contributed by atoms with Gasteiger partial charge in [0.05, 0.1) is 0 Å². The first-order valence-corrected chi connectivity index (χ1v) is 8.03. The Balaban J connectivity index is 1.57. The second-order valence-corrected chi connectivity index (χ2v) is 7.05. The Morgan fingerprint density at radius 2 is 1.41 bits per heavy atom. The van der Waals surface area contributed by atoms with E-state index in [0.29, 0.717) is 0 Å². The van der Waals surface area contributed by atoms with Crippen LogP contribution < -0.4 is 5.32 Å². The lowest BCUT2D eigenvalue weighted by Crippen LogP contribution is -2.55. The zero-order valence-electron chi connectivity index (χ0n) is 11.6. The van der Waals surface area contributed by atoms with Crippen molar-refractivity contribution in [3.8, 4) is 0 Å². The van der Waals surface area contributed by atoms with Crippen LogP contribution in [0.2, 0.25) is 0 Å². The molecule has 4 saturated carbocycles. The van der Waals surface area contributed by atoms with Gasteiger partial charge < -0.3 is 5.32 Å². The summed E-state index contributed by atoms with van der Waals surface area (Å²) in [7, 11) is 0. The minimum atomic E-state index is 0.892. The van der Waals surface area contributed by atoms with Crippen LogP contribution in [0, 0.1) is 29.6 Å². The largest absolute Gasteiger partial charge is 0.313 e. The molecular weight excluding hydrogens is 206 g/mol. The zero-order chi connectivity index (χ0) is 11.8. The molecule has 0 atom stereocenters. The third-order valence-corrected chi connectivity index (χ3v) is 6.02. The summed E-state index contributed by atoms with van der Waals surface area (Å²) >= 11 is 0. The highest BCUT2D eigenvalue weighted by molar-refractivity contribution is 5.01. The smallest absolute Gasteiger partial charge is 0.0124 e. The van der Waals surface area contributed by atoms with Gasteiger partial charge in [-0.15, -0.1) is 0 Å². The first-order chi connectivity index (χ1) is 8.30. The summed E-state index contributed by atoms with van der Waals surface area (Å²) in [6.07, 6.45) is 10.5. The molecule has 0 heterocycles. The van der Waals surface area contributed by atoms with Gasteiger partial charge in [-0.05, 0) is 68.2 Å². The Bertz CT molecular complexity index is 228. The van der Waals surface area contributed by atoms with Gasteiger partial charge in [0.1, 0.15) is 0 Å². The van der Waals surface area contributed by atoms with Crippen LogP contribution in [0.15, 0.2) is 0 Å². The minimum absolute atomic E-state index is 0.892. The van der Waals surface area contributed by atoms with Crippen molar-refractivity contribution in [3.05, 3.63) is 0 Å². The van der Waals surface area contributed by atoms with Gasteiger partial charge >= 0.3 is 0 Å². The molecule has 4 fully saturated rings. The maximum absolute atomic E-state index is 3.97. The Hall–Kier alpha value is -0.0400. The molecule has 0 amide bonds. The number of rotatable bonds is 5. The molecule has 1 heteroatoms. The Kier molecular flexibility index (Phi) is 3.47. The van der Waals surface area contributed by atoms with Crippen molar-refractivity contribution in [1.82, 2.24) is 5.32 Å². The predicted octanol–water partition coefficient (Wildman–Crippen LogP) is 3.84. The van der Waals surface area contributed by atoms with E-state index in [9.17, 15) is 0 Å². The summed E-state index contributed by atoms with van der Waals surface area (Å²) in [5.41, 5.74) is 0. The summed E-state index contributed by atoms with van der Waals surface area (Å²) < 4.78 is 0. The molecule has 0 saturated heterocycles. The van der Waals surface area contributed by atoms with Crippen molar-refractivity contribution < 1.29 is 0 Å². The van der Waals surface area contributed by atoms with Crippen LogP contribution in [-0.2, 0) is 0 Å². The van der Waals surface area contributed by atoms with E-state index in [2.05, 4.69) is 19.2 Å². The van der Waals surface area contributed by atoms with Gasteiger partial charge in [-0.1, -0.05) is 26.7 Å². The van der Waals surface area contributed by atoms with Gasteiger partial charge in [-0.3, -0.25) is 0 Å². The molecule has 0 aliphatic heterocycles. The van der Waals surface area contributed by atoms with Gasteiger partial charge in [-0.25, -0.2) is 0 Å². The zero-order valence-corrected chi connectivity index (χ0v) is 11.6. The SMILES string of the molecule is CCC(CC)CNC1C2CC3CC(C2)CC1C3. The Morgan fingerprint density at radius 1 is 0.882 bits per heavy atom. The van der Waals surface area contributed by atoms with E-state index in [4.69, 9.17) is 0 Å². The van der Waals surface area contributed by atoms with Crippen molar-refractivity contribution in [2.24, 2.45) is 29.6 Å². The average Bonchev–Trinajstić information content (AvgIpc) is 2.32. The van der Waals surface area contributed by atoms with E-state index < -0.39 is 0 Å². The fourth-order valence-corrected chi connectivity index (χ4v) is 5.14. The van der Waals surface area contributed by atoms with Gasteiger partial charge in [0.2, 0.25) is 0 Å². The molecular formula is C16H29N. The van der Waals surface area contributed by atoms with E-state index in [1.54, 1.807) is 32.1 Å². The fourth-order valence-electron chi connectivity index (χ4n) is 5.14. The maximum atomic E-state index is 3.97. The first-order valence-electron chi connectivity index (χ1n) is 8.03. The van der Waals surface area contributed by atoms with Crippen LogP contribution in [0.4, 0.5) is 0 Å². The molecule has 17 heavy (non-hydrogen) atoms. The summed E-state index contributed by atoms with van der Waals surface area (Å²) in [4.78, 5) is 0. The molecule has 0 spiro atoms. The monoisotopic (exact) mass is 235 g/mol. The number of hydrogen-bond donors (Lipinski definition) is 1. The highest BCUT2D eigenvalue weighted by Crippen LogP contribution is 2.53. The molecule has 0 unspecified atom stereocenters. The minimum Gasteiger partial charge on any atom is -0.313 e. The summed E-state index contributed by atoms with van der Waals surface area (Å²) in [6, 6.07) is 0.892. The summed E-state index contributed by atoms with van der Waals surface area (Å²) in [6.45, 7) is 5.96. The van der Waals surface area contributed by atoms with E-state index in [-0.39, 0.29) is 0 Å². The lowest BCUT2D eigenvalue weighted by molar-refractivity contribution is -0.0148. The molecule has 4 rings (SSSR count). The van der Waals surface area contributed by atoms with Gasteiger partial charge in [0.25, 0.3) is 0 Å². The molecule has 4 aliphatic carbocycles. The molecule has 0 aromatic carbocycles. The quantitative estimate of drug-likeness (QED) is 0.763. The summed E-state index contributed by atoms with van der Waals surface area (Å²) in [5, 5.41) is 3.97. The van der Waals surface area contributed by atoms with E-state index in [1.807, 2.05) is 0 Å². The fraction of sp³-hybridized carbons (Fsp3) is 1.00. The molecule has 4 bridgehead atoms. The summed E-state index contributed by atoms with van der Waals surface area (Å²) in [5.74, 6) is 5.22. The number of hydrogen-bond acceptors (Lipinski definition) is 1. The van der Waals surface area contributed by atoms with E-state index in [1.165, 1.54) is 19.4 Å².